The van der Waals surface area contributed by atoms with Crippen LogP contribution in [0, 0.1) is 0 Å². The van der Waals surface area contributed by atoms with E-state index >= 15 is 0 Å². The van der Waals surface area contributed by atoms with E-state index in [0.29, 0.717) is 0 Å². The lowest BCUT2D eigenvalue weighted by Gasteiger charge is -2.48. The van der Waals surface area contributed by atoms with E-state index in [-0.39, 0.29) is 23.7 Å². The molecule has 2 unspecified atom stereocenters. The first-order valence-corrected chi connectivity index (χ1v) is 11.9. The molecule has 3 fully saturated rings. The third-order valence-corrected chi connectivity index (χ3v) is 7.21. The van der Waals surface area contributed by atoms with Gasteiger partial charge in [-0.25, -0.2) is 0 Å². The number of carbonyl (C=O) groups excluding carboxylic acids is 1. The zero-order chi connectivity index (χ0) is 21.3. The predicted molar refractivity (Wildman–Crippen MR) is 121 cm³/mol. The van der Waals surface area contributed by atoms with E-state index in [4.69, 9.17) is 9.47 Å². The van der Waals surface area contributed by atoms with E-state index < -0.39 is 0 Å². The van der Waals surface area contributed by atoms with Crippen LogP contribution in [-0.4, -0.2) is 42.2 Å². The van der Waals surface area contributed by atoms with Crippen molar-refractivity contribution < 1.29 is 14.3 Å². The molecule has 2 heterocycles. The molecular formula is C27H33NO3. The van der Waals surface area contributed by atoms with Crippen LogP contribution in [0.1, 0.15) is 79.0 Å². The molecule has 2 atom stereocenters. The van der Waals surface area contributed by atoms with Crippen LogP contribution in [-0.2, 0) is 9.47 Å². The molecule has 5 rings (SSSR count). The van der Waals surface area contributed by atoms with E-state index in [1.54, 1.807) is 0 Å². The summed E-state index contributed by atoms with van der Waals surface area (Å²) < 4.78 is 12.8. The average Bonchev–Trinajstić information content (AvgIpc) is 3.65. The molecule has 4 heteroatoms. The third-order valence-electron chi connectivity index (χ3n) is 7.21. The Morgan fingerprint density at radius 3 is 2.39 bits per heavy atom. The lowest BCUT2D eigenvalue weighted by Crippen LogP contribution is -2.52. The quantitative estimate of drug-likeness (QED) is 0.643. The summed E-state index contributed by atoms with van der Waals surface area (Å²) in [4.78, 5) is 15.1. The van der Waals surface area contributed by atoms with Crippen molar-refractivity contribution in [2.24, 2.45) is 0 Å². The monoisotopic (exact) mass is 419 g/mol. The number of rotatable bonds is 5. The highest BCUT2D eigenvalue weighted by molar-refractivity contribution is 5.94. The number of ether oxygens (including phenoxy) is 2. The van der Waals surface area contributed by atoms with Gasteiger partial charge in [0, 0.05) is 38.1 Å². The molecule has 1 saturated carbocycles. The molecule has 0 bridgehead atoms. The Kier molecular flexibility index (Phi) is 5.85. The molecule has 2 aromatic rings. The number of nitrogens with zero attached hydrogens (tertiary/aromatic N) is 1. The second-order valence-electron chi connectivity index (χ2n) is 9.41. The summed E-state index contributed by atoms with van der Waals surface area (Å²) in [7, 11) is 0. The number of amides is 1. The van der Waals surface area contributed by atoms with Crippen LogP contribution in [0.25, 0.3) is 0 Å². The van der Waals surface area contributed by atoms with E-state index in [9.17, 15) is 4.79 Å². The molecule has 164 valence electrons. The Morgan fingerprint density at radius 2 is 1.74 bits per heavy atom. The van der Waals surface area contributed by atoms with Crippen LogP contribution < -0.4 is 0 Å². The van der Waals surface area contributed by atoms with Crippen LogP contribution >= 0.6 is 0 Å². The largest absolute Gasteiger partial charge is 0.378 e. The van der Waals surface area contributed by atoms with Gasteiger partial charge in [-0.3, -0.25) is 4.79 Å². The fourth-order valence-electron chi connectivity index (χ4n) is 5.31. The van der Waals surface area contributed by atoms with Crippen molar-refractivity contribution in [1.29, 1.82) is 0 Å². The fraction of sp³-hybridized carbons (Fsp3) is 0.519. The second kappa shape index (κ2) is 8.76. The van der Waals surface area contributed by atoms with Crippen LogP contribution in [0.15, 0.2) is 54.6 Å². The van der Waals surface area contributed by atoms with Crippen molar-refractivity contribution >= 4 is 5.91 Å². The van der Waals surface area contributed by atoms with Crippen molar-refractivity contribution in [3.05, 3.63) is 71.3 Å². The Morgan fingerprint density at radius 1 is 1.03 bits per heavy atom. The minimum absolute atomic E-state index is 0.0590. The summed E-state index contributed by atoms with van der Waals surface area (Å²) in [6.07, 6.45) is 6.39. The molecule has 0 aromatic heterocycles. The number of carbonyl (C=O) groups is 1. The number of hydrogen-bond acceptors (Lipinski definition) is 3. The van der Waals surface area contributed by atoms with Crippen LogP contribution in [0.4, 0.5) is 0 Å². The lowest BCUT2D eigenvalue weighted by atomic mass is 9.80. The first kappa shape index (κ1) is 20.7. The van der Waals surface area contributed by atoms with Gasteiger partial charge in [0.2, 0.25) is 0 Å². The van der Waals surface area contributed by atoms with Gasteiger partial charge in [0.15, 0.2) is 0 Å². The van der Waals surface area contributed by atoms with Crippen molar-refractivity contribution in [3.8, 4) is 0 Å². The molecule has 1 spiro atoms. The van der Waals surface area contributed by atoms with Crippen LogP contribution in [0.3, 0.4) is 0 Å². The number of piperidine rings is 1. The maximum absolute atomic E-state index is 13.1. The van der Waals surface area contributed by atoms with Gasteiger partial charge in [-0.2, -0.15) is 0 Å². The first-order chi connectivity index (χ1) is 15.2. The normalized spacial score (nSPS) is 25.5. The smallest absolute Gasteiger partial charge is 0.253 e. The molecule has 2 saturated heterocycles. The molecule has 1 aliphatic carbocycles. The van der Waals surface area contributed by atoms with Gasteiger partial charge >= 0.3 is 0 Å². The second-order valence-corrected chi connectivity index (χ2v) is 9.41. The highest BCUT2D eigenvalue weighted by atomic mass is 16.5. The molecule has 2 aliphatic heterocycles. The Balaban J connectivity index is 1.26. The van der Waals surface area contributed by atoms with Gasteiger partial charge in [0.1, 0.15) is 0 Å². The highest BCUT2D eigenvalue weighted by Gasteiger charge is 2.45. The minimum atomic E-state index is -0.203. The van der Waals surface area contributed by atoms with Crippen molar-refractivity contribution in [1.82, 2.24) is 4.90 Å². The lowest BCUT2D eigenvalue weighted by molar-refractivity contribution is -0.190. The van der Waals surface area contributed by atoms with E-state index in [1.165, 1.54) is 24.0 Å². The summed E-state index contributed by atoms with van der Waals surface area (Å²) in [5.41, 5.74) is 3.20. The molecule has 1 amide bonds. The van der Waals surface area contributed by atoms with E-state index in [0.717, 1.165) is 56.9 Å². The minimum Gasteiger partial charge on any atom is -0.378 e. The molecular weight excluding hydrogens is 386 g/mol. The standard InChI is InChI=1S/C27H33NO3/c1-2-30-24-18-25(22-6-4-3-5-7-22)31-27(19-24)14-16-28(17-15-27)26(29)23-12-10-21(11-13-23)20-8-9-20/h3-7,10-13,20,24-25H,2,8-9,14-19H2,1H3. The van der Waals surface area contributed by atoms with E-state index in [1.807, 2.05) is 23.1 Å². The molecule has 0 radical (unpaired) electrons. The summed E-state index contributed by atoms with van der Waals surface area (Å²) in [5.74, 6) is 0.868. The predicted octanol–water partition coefficient (Wildman–Crippen LogP) is 5.50. The zero-order valence-corrected chi connectivity index (χ0v) is 18.5. The Bertz CT molecular complexity index is 882. The maximum Gasteiger partial charge on any atom is 0.253 e. The molecule has 4 nitrogen and oxygen atoms in total. The van der Waals surface area contributed by atoms with E-state index in [2.05, 4.69) is 43.3 Å². The number of likely N-dealkylation sites (tertiary alicyclic amines) is 1. The van der Waals surface area contributed by atoms with Crippen molar-refractivity contribution in [2.75, 3.05) is 19.7 Å². The maximum atomic E-state index is 13.1. The fourth-order valence-corrected chi connectivity index (χ4v) is 5.31. The zero-order valence-electron chi connectivity index (χ0n) is 18.5. The molecule has 2 aromatic carbocycles. The van der Waals surface area contributed by atoms with Crippen molar-refractivity contribution in [3.63, 3.8) is 0 Å². The third kappa shape index (κ3) is 4.56. The molecule has 0 N–H and O–H groups in total. The van der Waals surface area contributed by atoms with Crippen LogP contribution in [0.2, 0.25) is 0 Å². The number of hydrogen-bond donors (Lipinski definition) is 0. The highest BCUT2D eigenvalue weighted by Crippen LogP contribution is 2.44. The van der Waals surface area contributed by atoms with Gasteiger partial charge in [0.05, 0.1) is 17.8 Å². The Hall–Kier alpha value is -2.17. The van der Waals surface area contributed by atoms with Gasteiger partial charge in [-0.1, -0.05) is 42.5 Å². The van der Waals surface area contributed by atoms with Crippen molar-refractivity contribution in [2.45, 2.75) is 69.2 Å². The van der Waals surface area contributed by atoms with Gasteiger partial charge in [-0.15, -0.1) is 0 Å². The summed E-state index contributed by atoms with van der Waals surface area (Å²) >= 11 is 0. The molecule has 3 aliphatic rings. The van der Waals surface area contributed by atoms with Gasteiger partial charge in [-0.05, 0) is 61.8 Å². The summed E-state index contributed by atoms with van der Waals surface area (Å²) in [6.45, 7) is 4.27. The Labute approximate surface area is 185 Å². The van der Waals surface area contributed by atoms with Gasteiger partial charge in [0.25, 0.3) is 5.91 Å². The van der Waals surface area contributed by atoms with Gasteiger partial charge < -0.3 is 14.4 Å². The number of benzene rings is 2. The summed E-state index contributed by atoms with van der Waals surface area (Å²) in [5, 5.41) is 0. The first-order valence-electron chi connectivity index (χ1n) is 11.9. The molecule has 31 heavy (non-hydrogen) atoms. The summed E-state index contributed by atoms with van der Waals surface area (Å²) in [6, 6.07) is 18.8. The SMILES string of the molecule is CCOC1CC(c2ccccc2)OC2(CCN(C(=O)c3ccc(C4CC4)cc3)CC2)C1. The van der Waals surface area contributed by atoms with Crippen LogP contribution in [0.5, 0.6) is 0 Å². The average molecular weight is 420 g/mol. The topological polar surface area (TPSA) is 38.8 Å².